The van der Waals surface area contributed by atoms with Gasteiger partial charge in [0, 0.05) is 18.1 Å². The lowest BCUT2D eigenvalue weighted by Crippen LogP contribution is -1.80. The average Bonchev–Trinajstić information content (AvgIpc) is 2.03. The highest BCUT2D eigenvalue weighted by Gasteiger charge is 1.89. The molecule has 0 unspecified atom stereocenters. The second-order valence-electron chi connectivity index (χ2n) is 2.32. The Labute approximate surface area is 72.6 Å². The highest BCUT2D eigenvalue weighted by atomic mass is 32.1. The molecule has 1 rings (SSSR count). The molecule has 0 aromatic carbocycles. The fraction of sp³-hybridized carbons (Fsp3) is 0.222. The summed E-state index contributed by atoms with van der Waals surface area (Å²) in [5.74, 6) is 0.780. The molecule has 0 amide bonds. The van der Waals surface area contributed by atoms with Gasteiger partial charge < -0.3 is 0 Å². The number of aromatic nitrogens is 1. The number of rotatable bonds is 2. The van der Waals surface area contributed by atoms with E-state index in [9.17, 15) is 0 Å². The zero-order chi connectivity index (χ0) is 8.10. The molecule has 0 aliphatic rings. The van der Waals surface area contributed by atoms with Crippen molar-refractivity contribution in [1.82, 2.24) is 4.98 Å². The summed E-state index contributed by atoms with van der Waals surface area (Å²) in [5.41, 5.74) is 2.42. The molecule has 1 nitrogen and oxygen atoms in total. The monoisotopic (exact) mass is 165 g/mol. The normalized spacial score (nSPS) is 10.7. The minimum atomic E-state index is 0.780. The summed E-state index contributed by atoms with van der Waals surface area (Å²) in [7, 11) is 0. The van der Waals surface area contributed by atoms with Crippen LogP contribution in [0.25, 0.3) is 6.08 Å². The van der Waals surface area contributed by atoms with Crippen molar-refractivity contribution in [2.45, 2.75) is 6.92 Å². The summed E-state index contributed by atoms with van der Waals surface area (Å²) in [6.07, 6.45) is 7.73. The van der Waals surface area contributed by atoms with Crippen molar-refractivity contribution < 1.29 is 0 Å². The van der Waals surface area contributed by atoms with Gasteiger partial charge in [0.05, 0.1) is 0 Å². The Hall–Kier alpha value is -0.760. The van der Waals surface area contributed by atoms with Crippen LogP contribution in [0, 0.1) is 6.92 Å². The van der Waals surface area contributed by atoms with Crippen LogP contribution >= 0.6 is 12.6 Å². The van der Waals surface area contributed by atoms with E-state index in [0.29, 0.717) is 0 Å². The molecule has 0 aliphatic carbocycles. The van der Waals surface area contributed by atoms with Gasteiger partial charge in [0.15, 0.2) is 0 Å². The van der Waals surface area contributed by atoms with Crippen LogP contribution in [0.4, 0.5) is 0 Å². The molecular weight excluding hydrogens is 154 g/mol. The first-order valence-corrected chi connectivity index (χ1v) is 4.16. The van der Waals surface area contributed by atoms with Crippen LogP contribution in [-0.2, 0) is 0 Å². The van der Waals surface area contributed by atoms with Gasteiger partial charge in [-0.05, 0) is 24.1 Å². The van der Waals surface area contributed by atoms with Crippen LogP contribution in [-0.4, -0.2) is 10.7 Å². The lowest BCUT2D eigenvalue weighted by Gasteiger charge is -1.96. The Morgan fingerprint density at radius 3 is 3.09 bits per heavy atom. The van der Waals surface area contributed by atoms with E-state index in [-0.39, 0.29) is 0 Å². The quantitative estimate of drug-likeness (QED) is 0.664. The smallest absolute Gasteiger partial charge is 0.0303 e. The molecule has 2 heteroatoms. The second kappa shape index (κ2) is 4.19. The fourth-order valence-electron chi connectivity index (χ4n) is 0.851. The minimum absolute atomic E-state index is 0.780. The molecular formula is C9H11NS. The van der Waals surface area contributed by atoms with Crippen molar-refractivity contribution in [1.29, 1.82) is 0 Å². The van der Waals surface area contributed by atoms with Gasteiger partial charge in [0.1, 0.15) is 0 Å². The third kappa shape index (κ3) is 2.39. The standard InChI is InChI=1S/C9H11NS/c1-8-7-10-5-4-9(8)3-2-6-11/h2-5,7,11H,6H2,1H3. The summed E-state index contributed by atoms with van der Waals surface area (Å²) >= 11 is 4.08. The molecule has 0 saturated heterocycles. The van der Waals surface area contributed by atoms with Crippen LogP contribution in [0.5, 0.6) is 0 Å². The molecule has 1 heterocycles. The highest BCUT2D eigenvalue weighted by molar-refractivity contribution is 7.80. The lowest BCUT2D eigenvalue weighted by molar-refractivity contribution is 1.26. The zero-order valence-corrected chi connectivity index (χ0v) is 7.38. The number of thiol groups is 1. The predicted molar refractivity (Wildman–Crippen MR) is 51.9 cm³/mol. The first-order chi connectivity index (χ1) is 5.34. The van der Waals surface area contributed by atoms with Crippen LogP contribution in [0.15, 0.2) is 24.5 Å². The third-order valence-corrected chi connectivity index (χ3v) is 1.68. The molecule has 0 N–H and O–H groups in total. The fourth-order valence-corrected chi connectivity index (χ4v) is 0.956. The van der Waals surface area contributed by atoms with E-state index in [0.717, 1.165) is 5.75 Å². The van der Waals surface area contributed by atoms with Crippen LogP contribution in [0.2, 0.25) is 0 Å². The second-order valence-corrected chi connectivity index (χ2v) is 2.68. The Balaban J connectivity index is 2.86. The molecule has 0 saturated carbocycles. The van der Waals surface area contributed by atoms with Crippen LogP contribution in [0.3, 0.4) is 0 Å². The van der Waals surface area contributed by atoms with Crippen molar-refractivity contribution in [2.24, 2.45) is 0 Å². The van der Waals surface area contributed by atoms with Gasteiger partial charge in [-0.1, -0.05) is 12.2 Å². The SMILES string of the molecule is Cc1cnccc1C=CCS. The summed E-state index contributed by atoms with van der Waals surface area (Å²) < 4.78 is 0. The average molecular weight is 165 g/mol. The summed E-state index contributed by atoms with van der Waals surface area (Å²) in [5, 5.41) is 0. The maximum Gasteiger partial charge on any atom is 0.0303 e. The van der Waals surface area contributed by atoms with Gasteiger partial charge in [-0.2, -0.15) is 12.6 Å². The van der Waals surface area contributed by atoms with E-state index in [1.807, 2.05) is 25.3 Å². The molecule has 0 radical (unpaired) electrons. The first kappa shape index (κ1) is 8.34. The van der Waals surface area contributed by atoms with Crippen LogP contribution < -0.4 is 0 Å². The maximum absolute atomic E-state index is 4.08. The van der Waals surface area contributed by atoms with E-state index < -0.39 is 0 Å². The molecule has 0 fully saturated rings. The van der Waals surface area contributed by atoms with Crippen LogP contribution in [0.1, 0.15) is 11.1 Å². The maximum atomic E-state index is 4.08. The van der Waals surface area contributed by atoms with E-state index in [4.69, 9.17) is 0 Å². The summed E-state index contributed by atoms with van der Waals surface area (Å²) in [6.45, 7) is 2.05. The Kier molecular flexibility index (Phi) is 3.17. The Morgan fingerprint density at radius 1 is 1.64 bits per heavy atom. The number of hydrogen-bond donors (Lipinski definition) is 1. The van der Waals surface area contributed by atoms with E-state index in [2.05, 4.69) is 23.7 Å². The van der Waals surface area contributed by atoms with Crippen molar-refractivity contribution in [3.63, 3.8) is 0 Å². The number of aryl methyl sites for hydroxylation is 1. The molecule has 0 atom stereocenters. The van der Waals surface area contributed by atoms with Crippen molar-refractivity contribution in [3.8, 4) is 0 Å². The molecule has 58 valence electrons. The third-order valence-electron chi connectivity index (χ3n) is 1.47. The molecule has 1 aromatic heterocycles. The van der Waals surface area contributed by atoms with E-state index in [1.54, 1.807) is 6.20 Å². The van der Waals surface area contributed by atoms with Crippen molar-refractivity contribution >= 4 is 18.7 Å². The first-order valence-electron chi connectivity index (χ1n) is 3.52. The Bertz CT molecular complexity index is 255. The topological polar surface area (TPSA) is 12.9 Å². The van der Waals surface area contributed by atoms with Gasteiger partial charge in [-0.25, -0.2) is 0 Å². The number of hydrogen-bond acceptors (Lipinski definition) is 2. The number of nitrogens with zero attached hydrogens (tertiary/aromatic N) is 1. The van der Waals surface area contributed by atoms with Crippen molar-refractivity contribution in [2.75, 3.05) is 5.75 Å². The molecule has 0 spiro atoms. The molecule has 0 bridgehead atoms. The van der Waals surface area contributed by atoms with Gasteiger partial charge in [0.25, 0.3) is 0 Å². The largest absolute Gasteiger partial charge is 0.264 e. The molecule has 1 aromatic rings. The minimum Gasteiger partial charge on any atom is -0.264 e. The number of pyridine rings is 1. The van der Waals surface area contributed by atoms with E-state index >= 15 is 0 Å². The van der Waals surface area contributed by atoms with Gasteiger partial charge in [-0.15, -0.1) is 0 Å². The van der Waals surface area contributed by atoms with Gasteiger partial charge in [-0.3, -0.25) is 4.98 Å². The van der Waals surface area contributed by atoms with E-state index in [1.165, 1.54) is 11.1 Å². The lowest BCUT2D eigenvalue weighted by atomic mass is 10.1. The Morgan fingerprint density at radius 2 is 2.45 bits per heavy atom. The predicted octanol–water partition coefficient (Wildman–Crippen LogP) is 2.33. The summed E-state index contributed by atoms with van der Waals surface area (Å²) in [6, 6.07) is 2.00. The molecule has 11 heavy (non-hydrogen) atoms. The highest BCUT2D eigenvalue weighted by Crippen LogP contribution is 2.06. The summed E-state index contributed by atoms with van der Waals surface area (Å²) in [4.78, 5) is 4.00. The molecule has 0 aliphatic heterocycles. The van der Waals surface area contributed by atoms with Crippen molar-refractivity contribution in [3.05, 3.63) is 35.7 Å². The van der Waals surface area contributed by atoms with Gasteiger partial charge in [0.2, 0.25) is 0 Å². The zero-order valence-electron chi connectivity index (χ0n) is 6.49. The van der Waals surface area contributed by atoms with Gasteiger partial charge >= 0.3 is 0 Å².